The molecule has 0 bridgehead atoms. The molecule has 0 aliphatic rings. The molecule has 0 aliphatic carbocycles. The molecule has 0 unspecified atom stereocenters. The molecule has 1 atom stereocenters. The molecule has 0 saturated carbocycles. The maximum absolute atomic E-state index is 13.8. The molecule has 0 saturated heterocycles. The summed E-state index contributed by atoms with van der Waals surface area (Å²) in [4.78, 5) is 28.1. The third-order valence-corrected chi connectivity index (χ3v) is 7.70. The average molecular weight is 560 g/mol. The van der Waals surface area contributed by atoms with E-state index in [1.165, 1.54) is 29.2 Å². The number of hydrogen-bond donors (Lipinski definition) is 1. The van der Waals surface area contributed by atoms with Crippen LogP contribution >= 0.6 is 11.6 Å². The van der Waals surface area contributed by atoms with Gasteiger partial charge in [-0.3, -0.25) is 13.9 Å². The van der Waals surface area contributed by atoms with Crippen molar-refractivity contribution in [3.8, 4) is 0 Å². The van der Waals surface area contributed by atoms with Crippen LogP contribution in [0.15, 0.2) is 83.8 Å². The van der Waals surface area contributed by atoms with Gasteiger partial charge in [-0.05, 0) is 81.8 Å². The zero-order chi connectivity index (χ0) is 28.1. The molecule has 0 spiro atoms. The fourth-order valence-corrected chi connectivity index (χ4v) is 5.26. The van der Waals surface area contributed by atoms with Crippen LogP contribution in [-0.4, -0.2) is 43.3 Å². The van der Waals surface area contributed by atoms with Crippen LogP contribution in [0.3, 0.4) is 0 Å². The molecule has 3 rings (SSSR count). The molecule has 0 aliphatic heterocycles. The topological polar surface area (TPSA) is 86.8 Å². The Morgan fingerprint density at radius 2 is 1.53 bits per heavy atom. The van der Waals surface area contributed by atoms with Gasteiger partial charge >= 0.3 is 0 Å². The van der Waals surface area contributed by atoms with Crippen LogP contribution in [0.1, 0.15) is 33.3 Å². The number of nitrogens with one attached hydrogen (secondary N) is 1. The summed E-state index contributed by atoms with van der Waals surface area (Å²) < 4.78 is 41.8. The van der Waals surface area contributed by atoms with Gasteiger partial charge in [0.25, 0.3) is 10.0 Å². The second kappa shape index (κ2) is 12.0. The van der Waals surface area contributed by atoms with Gasteiger partial charge in [-0.2, -0.15) is 0 Å². The summed E-state index contributed by atoms with van der Waals surface area (Å²) in [6.07, 6.45) is 0. The second-order valence-electron chi connectivity index (χ2n) is 9.86. The summed E-state index contributed by atoms with van der Waals surface area (Å²) in [6.45, 7) is 6.49. The minimum atomic E-state index is -4.20. The molecule has 0 radical (unpaired) electrons. The molecule has 3 aromatic carbocycles. The van der Waals surface area contributed by atoms with Gasteiger partial charge in [0, 0.05) is 17.1 Å². The lowest BCUT2D eigenvalue weighted by Crippen LogP contribution is -2.54. The van der Waals surface area contributed by atoms with Gasteiger partial charge in [0.1, 0.15) is 18.4 Å². The second-order valence-corrected chi connectivity index (χ2v) is 12.2. The predicted molar refractivity (Wildman–Crippen MR) is 147 cm³/mol. The monoisotopic (exact) mass is 559 g/mol. The van der Waals surface area contributed by atoms with Gasteiger partial charge in [0.15, 0.2) is 0 Å². The van der Waals surface area contributed by atoms with E-state index in [0.717, 1.165) is 16.4 Å². The van der Waals surface area contributed by atoms with E-state index in [1.807, 2.05) is 20.8 Å². The van der Waals surface area contributed by atoms with Crippen molar-refractivity contribution < 1.29 is 22.4 Å². The third kappa shape index (κ3) is 7.55. The number of nitrogens with zero attached hydrogens (tertiary/aromatic N) is 2. The Morgan fingerprint density at radius 3 is 2.08 bits per heavy atom. The highest BCUT2D eigenvalue weighted by Crippen LogP contribution is 2.25. The van der Waals surface area contributed by atoms with Crippen molar-refractivity contribution in [1.82, 2.24) is 10.2 Å². The summed E-state index contributed by atoms with van der Waals surface area (Å²) in [6, 6.07) is 18.4. The Labute approximate surface area is 228 Å². The quantitative estimate of drug-likeness (QED) is 0.399. The molecule has 202 valence electrons. The number of carbonyl (C=O) groups excluding carboxylic acids is 2. The smallest absolute Gasteiger partial charge is 0.264 e. The number of anilines is 1. The first-order valence-corrected chi connectivity index (χ1v) is 13.8. The van der Waals surface area contributed by atoms with Gasteiger partial charge in [-0.1, -0.05) is 41.9 Å². The van der Waals surface area contributed by atoms with E-state index >= 15 is 0 Å². The Bertz CT molecular complexity index is 1360. The number of halogens is 2. The molecule has 0 aromatic heterocycles. The Hall–Kier alpha value is -3.43. The highest BCUT2D eigenvalue weighted by Gasteiger charge is 2.33. The van der Waals surface area contributed by atoms with Gasteiger partial charge in [0.2, 0.25) is 11.8 Å². The predicted octanol–water partition coefficient (Wildman–Crippen LogP) is 5.01. The Kier molecular flexibility index (Phi) is 9.17. The molecule has 7 nitrogen and oxygen atoms in total. The van der Waals surface area contributed by atoms with Crippen molar-refractivity contribution in [3.05, 3.63) is 95.3 Å². The van der Waals surface area contributed by atoms with Gasteiger partial charge in [0.05, 0.1) is 10.6 Å². The summed E-state index contributed by atoms with van der Waals surface area (Å²) in [5.41, 5.74) is 0.274. The van der Waals surface area contributed by atoms with E-state index in [9.17, 15) is 22.4 Å². The maximum Gasteiger partial charge on any atom is 0.264 e. The van der Waals surface area contributed by atoms with Crippen molar-refractivity contribution in [1.29, 1.82) is 0 Å². The van der Waals surface area contributed by atoms with Crippen molar-refractivity contribution >= 4 is 39.1 Å². The van der Waals surface area contributed by atoms with Crippen molar-refractivity contribution in [2.24, 2.45) is 0 Å². The lowest BCUT2D eigenvalue weighted by atomic mass is 10.1. The number of amides is 2. The third-order valence-electron chi connectivity index (χ3n) is 5.66. The summed E-state index contributed by atoms with van der Waals surface area (Å²) in [5.74, 6) is -1.55. The van der Waals surface area contributed by atoms with Crippen molar-refractivity contribution in [2.45, 2.75) is 50.7 Å². The van der Waals surface area contributed by atoms with Crippen LogP contribution in [-0.2, 0) is 26.2 Å². The van der Waals surface area contributed by atoms with E-state index < -0.39 is 39.9 Å². The lowest BCUT2D eigenvalue weighted by Gasteiger charge is -2.33. The highest BCUT2D eigenvalue weighted by atomic mass is 35.5. The fourth-order valence-electron chi connectivity index (χ4n) is 3.70. The van der Waals surface area contributed by atoms with Gasteiger partial charge in [-0.25, -0.2) is 12.8 Å². The van der Waals surface area contributed by atoms with E-state index in [-0.39, 0.29) is 23.0 Å². The van der Waals surface area contributed by atoms with Crippen molar-refractivity contribution in [2.75, 3.05) is 10.8 Å². The highest BCUT2D eigenvalue weighted by molar-refractivity contribution is 7.92. The SMILES string of the molecule is C[C@@H](C(=O)NC(C)(C)C)N(Cc1ccc(Cl)cc1)C(=O)CN(c1ccc(F)cc1)S(=O)(=O)c1ccccc1. The maximum atomic E-state index is 13.8. The minimum Gasteiger partial charge on any atom is -0.350 e. The summed E-state index contributed by atoms with van der Waals surface area (Å²) in [5, 5.41) is 3.38. The van der Waals surface area contributed by atoms with Crippen molar-refractivity contribution in [3.63, 3.8) is 0 Å². The number of sulfonamides is 1. The molecule has 0 fully saturated rings. The van der Waals surface area contributed by atoms with Crippen LogP contribution in [0.4, 0.5) is 10.1 Å². The molecular weight excluding hydrogens is 529 g/mol. The van der Waals surface area contributed by atoms with E-state index in [4.69, 9.17) is 11.6 Å². The lowest BCUT2D eigenvalue weighted by molar-refractivity contribution is -0.140. The Balaban J connectivity index is 2.01. The van der Waals surface area contributed by atoms with E-state index in [0.29, 0.717) is 10.6 Å². The number of hydrogen-bond acceptors (Lipinski definition) is 4. The summed E-state index contributed by atoms with van der Waals surface area (Å²) in [7, 11) is -4.20. The van der Waals surface area contributed by atoms with E-state index in [1.54, 1.807) is 49.4 Å². The first-order chi connectivity index (χ1) is 17.8. The minimum absolute atomic E-state index is 0.0279. The van der Waals surface area contributed by atoms with Crippen LogP contribution < -0.4 is 9.62 Å². The van der Waals surface area contributed by atoms with Crippen LogP contribution in [0.25, 0.3) is 0 Å². The molecule has 2 amide bonds. The molecular formula is C28H31ClFN3O4S. The summed E-state index contributed by atoms with van der Waals surface area (Å²) >= 11 is 6.01. The molecule has 38 heavy (non-hydrogen) atoms. The Morgan fingerprint density at radius 1 is 0.947 bits per heavy atom. The molecule has 3 aromatic rings. The van der Waals surface area contributed by atoms with Gasteiger partial charge in [-0.15, -0.1) is 0 Å². The number of carbonyl (C=O) groups is 2. The zero-order valence-electron chi connectivity index (χ0n) is 21.7. The largest absolute Gasteiger partial charge is 0.350 e. The normalized spacial score (nSPS) is 12.5. The van der Waals surface area contributed by atoms with E-state index in [2.05, 4.69) is 5.32 Å². The molecule has 1 N–H and O–H groups in total. The fraction of sp³-hybridized carbons (Fsp3) is 0.286. The van der Waals surface area contributed by atoms with Crippen LogP contribution in [0.5, 0.6) is 0 Å². The molecule has 10 heteroatoms. The standard InChI is InChI=1S/C28H31ClFN3O4S/c1-20(27(35)31-28(2,3)4)32(18-21-10-12-22(29)13-11-21)26(34)19-33(24-16-14-23(30)15-17-24)38(36,37)25-8-6-5-7-9-25/h5-17,20H,18-19H2,1-4H3,(H,31,35)/t20-/m0/s1. The first-order valence-electron chi connectivity index (χ1n) is 12.0. The van der Waals surface area contributed by atoms with Crippen LogP contribution in [0, 0.1) is 5.82 Å². The van der Waals surface area contributed by atoms with Gasteiger partial charge < -0.3 is 10.2 Å². The first kappa shape index (κ1) is 29.1. The molecule has 0 heterocycles. The van der Waals surface area contributed by atoms with Crippen LogP contribution in [0.2, 0.25) is 5.02 Å². The average Bonchev–Trinajstić information content (AvgIpc) is 2.86. The number of benzene rings is 3. The zero-order valence-corrected chi connectivity index (χ0v) is 23.3. The number of rotatable bonds is 9.